The molecule has 0 amide bonds. The number of benzene rings is 2. The molecule has 2 heterocycles. The summed E-state index contributed by atoms with van der Waals surface area (Å²) >= 11 is 0. The Morgan fingerprint density at radius 1 is 0.966 bits per heavy atom. The highest BCUT2D eigenvalue weighted by atomic mass is 15.2. The first kappa shape index (κ1) is 19.3. The number of aryl methyl sites for hydroxylation is 1. The van der Waals surface area contributed by atoms with E-state index < -0.39 is 0 Å². The Morgan fingerprint density at radius 3 is 2.55 bits per heavy atom. The van der Waals surface area contributed by atoms with Crippen LogP contribution in [0.5, 0.6) is 0 Å². The third kappa shape index (κ3) is 4.08. The van der Waals surface area contributed by atoms with Crippen LogP contribution in [0.15, 0.2) is 71.9 Å². The molecule has 3 aromatic rings. The van der Waals surface area contributed by atoms with Crippen molar-refractivity contribution < 1.29 is 0 Å². The van der Waals surface area contributed by atoms with E-state index in [9.17, 15) is 0 Å². The lowest BCUT2D eigenvalue weighted by Crippen LogP contribution is -2.25. The zero-order chi connectivity index (χ0) is 20.2. The van der Waals surface area contributed by atoms with Gasteiger partial charge in [0.2, 0.25) is 0 Å². The number of rotatable bonds is 6. The van der Waals surface area contributed by atoms with Crippen molar-refractivity contribution in [1.82, 2.24) is 9.88 Å². The zero-order valence-corrected chi connectivity index (χ0v) is 17.5. The highest BCUT2D eigenvalue weighted by Crippen LogP contribution is 2.39. The molecular formula is C25H28N4. The molecule has 0 N–H and O–H groups in total. The predicted octanol–water partition coefficient (Wildman–Crippen LogP) is 5.22. The smallest absolute Gasteiger partial charge is 0.159 e. The maximum atomic E-state index is 5.10. The molecular weight excluding hydrogens is 356 g/mol. The molecule has 0 radical (unpaired) electrons. The normalized spacial score (nSPS) is 13.0. The molecule has 0 saturated heterocycles. The Hall–Kier alpha value is -2.98. The standard InChI is InChI=1S/C25H28N4/c1-4-19-13-14-21-23(18-19)29(17-9-16-28(2)3)25-22(12-8-15-26-25)27-24(21)20-10-6-5-7-11-20/h5-8,10-15,18H,4,9,16-17H2,1-3H3. The lowest BCUT2D eigenvalue weighted by Gasteiger charge is -2.26. The van der Waals surface area contributed by atoms with E-state index in [0.717, 1.165) is 54.3 Å². The lowest BCUT2D eigenvalue weighted by atomic mass is 9.98. The number of fused-ring (bicyclic) bond motifs is 2. The van der Waals surface area contributed by atoms with Gasteiger partial charge in [-0.25, -0.2) is 9.98 Å². The number of hydrogen-bond acceptors (Lipinski definition) is 4. The molecule has 2 aromatic carbocycles. The molecule has 4 rings (SSSR count). The summed E-state index contributed by atoms with van der Waals surface area (Å²) in [4.78, 5) is 14.4. The topological polar surface area (TPSA) is 31.7 Å². The van der Waals surface area contributed by atoms with E-state index in [1.807, 2.05) is 18.3 Å². The molecule has 0 atom stereocenters. The van der Waals surface area contributed by atoms with Crippen molar-refractivity contribution >= 4 is 22.9 Å². The van der Waals surface area contributed by atoms with Gasteiger partial charge in [-0.3, -0.25) is 0 Å². The molecule has 0 fully saturated rings. The number of pyridine rings is 1. The molecule has 4 nitrogen and oxygen atoms in total. The second-order valence-corrected chi connectivity index (χ2v) is 7.69. The minimum atomic E-state index is 0.903. The molecule has 0 aliphatic carbocycles. The first-order chi connectivity index (χ1) is 14.2. The van der Waals surface area contributed by atoms with Crippen molar-refractivity contribution in [1.29, 1.82) is 0 Å². The van der Waals surface area contributed by atoms with Crippen molar-refractivity contribution in [2.24, 2.45) is 4.99 Å². The van der Waals surface area contributed by atoms with Gasteiger partial charge in [-0.15, -0.1) is 0 Å². The van der Waals surface area contributed by atoms with Crippen LogP contribution in [-0.4, -0.2) is 42.8 Å². The van der Waals surface area contributed by atoms with E-state index in [4.69, 9.17) is 9.98 Å². The van der Waals surface area contributed by atoms with Gasteiger partial charge in [0.1, 0.15) is 5.69 Å². The molecule has 1 aromatic heterocycles. The van der Waals surface area contributed by atoms with Crippen LogP contribution in [0, 0.1) is 0 Å². The summed E-state index contributed by atoms with van der Waals surface area (Å²) in [6.07, 6.45) is 3.93. The summed E-state index contributed by atoms with van der Waals surface area (Å²) in [7, 11) is 4.24. The quantitative estimate of drug-likeness (QED) is 0.584. The van der Waals surface area contributed by atoms with Crippen LogP contribution in [0.25, 0.3) is 0 Å². The van der Waals surface area contributed by atoms with Gasteiger partial charge in [-0.2, -0.15) is 0 Å². The van der Waals surface area contributed by atoms with Crippen molar-refractivity contribution in [3.05, 3.63) is 83.6 Å². The molecule has 1 aliphatic heterocycles. The van der Waals surface area contributed by atoms with Gasteiger partial charge in [0.05, 0.1) is 11.4 Å². The Bertz CT molecular complexity index is 1010. The highest BCUT2D eigenvalue weighted by Gasteiger charge is 2.24. The van der Waals surface area contributed by atoms with E-state index in [0.29, 0.717) is 0 Å². The van der Waals surface area contributed by atoms with Crippen LogP contribution >= 0.6 is 0 Å². The maximum Gasteiger partial charge on any atom is 0.159 e. The van der Waals surface area contributed by atoms with Crippen LogP contribution in [0.3, 0.4) is 0 Å². The van der Waals surface area contributed by atoms with Crippen molar-refractivity contribution in [2.45, 2.75) is 19.8 Å². The Labute approximate surface area is 173 Å². The summed E-state index contributed by atoms with van der Waals surface area (Å²) in [5, 5.41) is 0. The maximum absolute atomic E-state index is 5.10. The highest BCUT2D eigenvalue weighted by molar-refractivity contribution is 6.18. The molecule has 0 bridgehead atoms. The van der Waals surface area contributed by atoms with Crippen LogP contribution in [0.2, 0.25) is 0 Å². The van der Waals surface area contributed by atoms with E-state index in [2.05, 4.69) is 79.3 Å². The average molecular weight is 385 g/mol. The minimum Gasteiger partial charge on any atom is -0.324 e. The molecule has 4 heteroatoms. The molecule has 1 aliphatic rings. The summed E-state index contributed by atoms with van der Waals surface area (Å²) in [6, 6.07) is 21.3. The Kier molecular flexibility index (Phi) is 5.72. The van der Waals surface area contributed by atoms with Crippen molar-refractivity contribution in [3.63, 3.8) is 0 Å². The van der Waals surface area contributed by atoms with Crippen LogP contribution in [0.4, 0.5) is 17.2 Å². The second-order valence-electron chi connectivity index (χ2n) is 7.69. The Morgan fingerprint density at radius 2 is 1.79 bits per heavy atom. The number of aliphatic imine (C=N–C) groups is 1. The summed E-state index contributed by atoms with van der Waals surface area (Å²) in [5.74, 6) is 0.937. The van der Waals surface area contributed by atoms with Gasteiger partial charge < -0.3 is 9.80 Å². The predicted molar refractivity (Wildman–Crippen MR) is 122 cm³/mol. The van der Waals surface area contributed by atoms with E-state index in [-0.39, 0.29) is 0 Å². The zero-order valence-electron chi connectivity index (χ0n) is 17.5. The van der Waals surface area contributed by atoms with Gasteiger partial charge in [-0.05, 0) is 57.2 Å². The monoisotopic (exact) mass is 384 g/mol. The SMILES string of the molecule is CCc1ccc2c(c1)N(CCCN(C)C)c1ncccc1N=C2c1ccccc1. The van der Waals surface area contributed by atoms with E-state index in [1.54, 1.807) is 0 Å². The van der Waals surface area contributed by atoms with Gasteiger partial charge in [0.15, 0.2) is 5.82 Å². The van der Waals surface area contributed by atoms with Gasteiger partial charge in [-0.1, -0.05) is 49.4 Å². The largest absolute Gasteiger partial charge is 0.324 e. The fraction of sp³-hybridized carbons (Fsp3) is 0.280. The van der Waals surface area contributed by atoms with E-state index in [1.165, 1.54) is 11.3 Å². The average Bonchev–Trinajstić information content (AvgIpc) is 2.89. The molecule has 0 spiro atoms. The number of nitrogens with zero attached hydrogens (tertiary/aromatic N) is 4. The van der Waals surface area contributed by atoms with Crippen LogP contribution < -0.4 is 4.90 Å². The lowest BCUT2D eigenvalue weighted by molar-refractivity contribution is 0.402. The summed E-state index contributed by atoms with van der Waals surface area (Å²) in [5.41, 5.74) is 6.74. The molecule has 0 unspecified atom stereocenters. The van der Waals surface area contributed by atoms with Gasteiger partial charge in [0, 0.05) is 23.9 Å². The second kappa shape index (κ2) is 8.58. The molecule has 29 heavy (non-hydrogen) atoms. The molecule has 148 valence electrons. The molecule has 0 saturated carbocycles. The van der Waals surface area contributed by atoms with Crippen molar-refractivity contribution in [3.8, 4) is 0 Å². The first-order valence-electron chi connectivity index (χ1n) is 10.3. The first-order valence-corrected chi connectivity index (χ1v) is 10.3. The minimum absolute atomic E-state index is 0.903. The number of anilines is 2. The third-order valence-electron chi connectivity index (χ3n) is 5.30. The van der Waals surface area contributed by atoms with Crippen LogP contribution in [0.1, 0.15) is 30.0 Å². The van der Waals surface area contributed by atoms with Gasteiger partial charge in [0.25, 0.3) is 0 Å². The van der Waals surface area contributed by atoms with Gasteiger partial charge >= 0.3 is 0 Å². The summed E-state index contributed by atoms with van der Waals surface area (Å²) in [6.45, 7) is 4.14. The number of hydrogen-bond donors (Lipinski definition) is 0. The van der Waals surface area contributed by atoms with Crippen LogP contribution in [-0.2, 0) is 6.42 Å². The fourth-order valence-electron chi connectivity index (χ4n) is 3.79. The third-order valence-corrected chi connectivity index (χ3v) is 5.30. The van der Waals surface area contributed by atoms with Crippen molar-refractivity contribution in [2.75, 3.05) is 32.1 Å². The number of aromatic nitrogens is 1. The van der Waals surface area contributed by atoms with E-state index >= 15 is 0 Å². The Balaban J connectivity index is 1.90. The summed E-state index contributed by atoms with van der Waals surface area (Å²) < 4.78 is 0. The fourth-order valence-corrected chi connectivity index (χ4v) is 3.79.